The monoisotopic (exact) mass is 596 g/mol. The summed E-state index contributed by atoms with van der Waals surface area (Å²) in [5.74, 6) is 0.578. The number of H-pyrrole nitrogens is 1. The number of imidazole rings is 1. The van der Waals surface area contributed by atoms with E-state index < -0.39 is 18.1 Å². The van der Waals surface area contributed by atoms with Gasteiger partial charge in [-0.2, -0.15) is 0 Å². The molecule has 0 bridgehead atoms. The van der Waals surface area contributed by atoms with E-state index in [2.05, 4.69) is 32.9 Å². The molecule has 36 heavy (non-hydrogen) atoms. The second-order valence-corrected chi connectivity index (χ2v) is 9.91. The maximum atomic E-state index is 13.7. The number of aliphatic hydroxyl groups is 1. The molecule has 9 heteroatoms. The molecule has 8 nitrogen and oxygen atoms in total. The number of amides is 3. The van der Waals surface area contributed by atoms with Crippen LogP contribution in [0.1, 0.15) is 41.9 Å². The molecule has 0 saturated carbocycles. The number of nitrogens with one attached hydrogen (secondary N) is 2. The van der Waals surface area contributed by atoms with Gasteiger partial charge in [0, 0.05) is 9.49 Å². The number of halogens is 1. The number of hydrogen-bond donors (Lipinski definition) is 3. The number of ether oxygens (including phenoxy) is 1. The molecule has 3 amide bonds. The van der Waals surface area contributed by atoms with E-state index in [1.54, 1.807) is 24.3 Å². The number of carbonyl (C=O) groups is 2. The average Bonchev–Trinajstić information content (AvgIpc) is 3.44. The number of imide groups is 1. The van der Waals surface area contributed by atoms with Crippen LogP contribution in [-0.2, 0) is 4.79 Å². The highest BCUT2D eigenvalue weighted by atomic mass is 127. The Hall–Kier alpha value is -3.44. The summed E-state index contributed by atoms with van der Waals surface area (Å²) >= 11 is 2.24. The molecule has 3 N–H and O–H groups in total. The summed E-state index contributed by atoms with van der Waals surface area (Å²) in [4.78, 5) is 36.5. The zero-order chi connectivity index (χ0) is 25.2. The van der Waals surface area contributed by atoms with Crippen molar-refractivity contribution in [2.24, 2.45) is 0 Å². The molecular formula is C27H25IN4O4. The first kappa shape index (κ1) is 24.3. The quantitative estimate of drug-likeness (QED) is 0.202. The Morgan fingerprint density at radius 3 is 2.56 bits per heavy atom. The van der Waals surface area contributed by atoms with Gasteiger partial charge in [0.15, 0.2) is 0 Å². The number of urea groups is 1. The van der Waals surface area contributed by atoms with E-state index in [1.165, 1.54) is 4.90 Å². The first-order chi connectivity index (χ1) is 17.5. The fourth-order valence-electron chi connectivity index (χ4n) is 4.57. The van der Waals surface area contributed by atoms with E-state index in [1.807, 2.05) is 55.5 Å². The molecular weight excluding hydrogens is 571 g/mol. The minimum Gasteiger partial charge on any atom is -0.491 e. The number of aliphatic hydroxyl groups excluding tert-OH is 1. The molecule has 5 rings (SSSR count). The van der Waals surface area contributed by atoms with Gasteiger partial charge < -0.3 is 20.1 Å². The van der Waals surface area contributed by atoms with Crippen molar-refractivity contribution in [3.8, 4) is 5.75 Å². The van der Waals surface area contributed by atoms with Crippen LogP contribution in [0.3, 0.4) is 0 Å². The fourth-order valence-corrected chi connectivity index (χ4v) is 5.06. The summed E-state index contributed by atoms with van der Waals surface area (Å²) in [6, 6.07) is 20.7. The summed E-state index contributed by atoms with van der Waals surface area (Å²) in [6.45, 7) is 2.09. The van der Waals surface area contributed by atoms with Gasteiger partial charge in [0.25, 0.3) is 5.91 Å². The second kappa shape index (κ2) is 10.3. The first-order valence-electron chi connectivity index (χ1n) is 11.6. The van der Waals surface area contributed by atoms with Gasteiger partial charge in [0.1, 0.15) is 30.3 Å². The number of fused-ring (bicyclic) bond motifs is 1. The van der Waals surface area contributed by atoms with Crippen molar-refractivity contribution in [2.75, 3.05) is 13.2 Å². The number of carbonyl (C=O) groups excluding carboxylic acids is 2. The highest BCUT2D eigenvalue weighted by molar-refractivity contribution is 14.1. The number of benzene rings is 3. The van der Waals surface area contributed by atoms with E-state index in [0.29, 0.717) is 17.1 Å². The maximum absolute atomic E-state index is 13.7. The highest BCUT2D eigenvalue weighted by Crippen LogP contribution is 2.39. The maximum Gasteiger partial charge on any atom is 0.325 e. The van der Waals surface area contributed by atoms with Gasteiger partial charge in [0.2, 0.25) is 0 Å². The number of nitrogens with zero attached hydrogens (tertiary/aromatic N) is 2. The topological polar surface area (TPSA) is 108 Å². The van der Waals surface area contributed by atoms with Gasteiger partial charge in [-0.25, -0.2) is 9.78 Å². The Kier molecular flexibility index (Phi) is 6.92. The third kappa shape index (κ3) is 4.68. The Morgan fingerprint density at radius 2 is 1.83 bits per heavy atom. The van der Waals surface area contributed by atoms with Crippen LogP contribution in [0.25, 0.3) is 11.0 Å². The molecule has 0 unspecified atom stereocenters. The largest absolute Gasteiger partial charge is 0.491 e. The molecule has 184 valence electrons. The zero-order valence-electron chi connectivity index (χ0n) is 19.5. The van der Waals surface area contributed by atoms with E-state index in [-0.39, 0.29) is 25.0 Å². The lowest BCUT2D eigenvalue weighted by atomic mass is 9.91. The van der Waals surface area contributed by atoms with Crippen molar-refractivity contribution in [3.05, 3.63) is 93.3 Å². The SMILES string of the molecule is C[C@H](c1ccccc1)[C@@H](c1nc2ccc(I)cc2[nH]1)N1C(=O)N[C@H](c2ccc(OCCO)cc2)C1=O. The Labute approximate surface area is 221 Å². The predicted molar refractivity (Wildman–Crippen MR) is 144 cm³/mol. The van der Waals surface area contributed by atoms with Gasteiger partial charge >= 0.3 is 6.03 Å². The third-order valence-corrected chi connectivity index (χ3v) is 7.03. The third-order valence-electron chi connectivity index (χ3n) is 6.36. The summed E-state index contributed by atoms with van der Waals surface area (Å²) in [5, 5.41) is 11.8. The highest BCUT2D eigenvalue weighted by Gasteiger charge is 2.46. The predicted octanol–water partition coefficient (Wildman–Crippen LogP) is 4.68. The van der Waals surface area contributed by atoms with Gasteiger partial charge in [-0.3, -0.25) is 9.69 Å². The Bertz CT molecular complexity index is 1390. The van der Waals surface area contributed by atoms with Crippen LogP contribution in [0, 0.1) is 3.57 Å². The number of hydrogen-bond acceptors (Lipinski definition) is 5. The van der Waals surface area contributed by atoms with E-state index in [9.17, 15) is 9.59 Å². The van der Waals surface area contributed by atoms with Crippen LogP contribution in [0.5, 0.6) is 5.75 Å². The normalized spacial score (nSPS) is 17.3. The standard InChI is InChI=1S/C27H25IN4O4/c1-16(17-5-3-2-4-6-17)24(25-29-21-12-9-19(28)15-22(21)30-25)32-26(34)23(31-27(32)35)18-7-10-20(11-8-18)36-14-13-33/h2-12,15-16,23-24,33H,13-14H2,1H3,(H,29,30)(H,31,35)/t16-,23-,24+/m1/s1. The molecule has 3 atom stereocenters. The summed E-state index contributed by atoms with van der Waals surface area (Å²) < 4.78 is 6.47. The van der Waals surface area contributed by atoms with Gasteiger partial charge in [0.05, 0.1) is 17.6 Å². The lowest BCUT2D eigenvalue weighted by molar-refractivity contribution is -0.129. The fraction of sp³-hybridized carbons (Fsp3) is 0.222. The molecule has 0 aliphatic carbocycles. The average molecular weight is 596 g/mol. The van der Waals surface area contributed by atoms with Crippen molar-refractivity contribution in [1.82, 2.24) is 20.2 Å². The lowest BCUT2D eigenvalue weighted by Gasteiger charge is -2.29. The van der Waals surface area contributed by atoms with E-state index in [0.717, 1.165) is 20.2 Å². The number of aromatic amines is 1. The molecule has 1 aromatic heterocycles. The van der Waals surface area contributed by atoms with Gasteiger partial charge in [-0.1, -0.05) is 49.4 Å². The van der Waals surface area contributed by atoms with Crippen LogP contribution in [-0.4, -0.2) is 45.1 Å². The van der Waals surface area contributed by atoms with Crippen molar-refractivity contribution in [3.63, 3.8) is 0 Å². The molecule has 1 saturated heterocycles. The van der Waals surface area contributed by atoms with Crippen molar-refractivity contribution in [1.29, 1.82) is 0 Å². The minimum atomic E-state index is -0.819. The summed E-state index contributed by atoms with van der Waals surface area (Å²) in [6.07, 6.45) is 0. The number of aromatic nitrogens is 2. The Balaban J connectivity index is 1.51. The van der Waals surface area contributed by atoms with Gasteiger partial charge in [-0.15, -0.1) is 0 Å². The van der Waals surface area contributed by atoms with Crippen molar-refractivity contribution >= 4 is 45.6 Å². The second-order valence-electron chi connectivity index (χ2n) is 8.66. The molecule has 1 aliphatic heterocycles. The van der Waals surface area contributed by atoms with Crippen LogP contribution in [0.2, 0.25) is 0 Å². The van der Waals surface area contributed by atoms with Gasteiger partial charge in [-0.05, 0) is 64.0 Å². The van der Waals surface area contributed by atoms with Crippen molar-refractivity contribution < 1.29 is 19.4 Å². The number of rotatable bonds is 8. The molecule has 0 radical (unpaired) electrons. The first-order valence-corrected chi connectivity index (χ1v) is 12.7. The van der Waals surface area contributed by atoms with Crippen LogP contribution < -0.4 is 10.1 Å². The minimum absolute atomic E-state index is 0.0875. The van der Waals surface area contributed by atoms with Crippen LogP contribution in [0.4, 0.5) is 4.79 Å². The summed E-state index contributed by atoms with van der Waals surface area (Å²) in [5.41, 5.74) is 3.27. The van der Waals surface area contributed by atoms with Crippen molar-refractivity contribution in [2.45, 2.75) is 24.9 Å². The van der Waals surface area contributed by atoms with E-state index in [4.69, 9.17) is 14.8 Å². The molecule has 2 heterocycles. The molecule has 1 fully saturated rings. The smallest absolute Gasteiger partial charge is 0.325 e. The summed E-state index contributed by atoms with van der Waals surface area (Å²) in [7, 11) is 0. The zero-order valence-corrected chi connectivity index (χ0v) is 21.7. The molecule has 0 spiro atoms. The van der Waals surface area contributed by atoms with Crippen LogP contribution >= 0.6 is 22.6 Å². The Morgan fingerprint density at radius 1 is 1.08 bits per heavy atom. The van der Waals surface area contributed by atoms with E-state index >= 15 is 0 Å². The molecule has 1 aliphatic rings. The molecule has 4 aromatic rings. The van der Waals surface area contributed by atoms with Crippen LogP contribution in [0.15, 0.2) is 72.8 Å². The molecule has 3 aromatic carbocycles. The lowest BCUT2D eigenvalue weighted by Crippen LogP contribution is -2.38.